The molecule has 0 bridgehead atoms. The average Bonchev–Trinajstić information content (AvgIpc) is 2.32. The van der Waals surface area contributed by atoms with Gasteiger partial charge < -0.3 is 0 Å². The lowest BCUT2D eigenvalue weighted by atomic mass is 10.0. The summed E-state index contributed by atoms with van der Waals surface area (Å²) in [4.78, 5) is 0. The van der Waals surface area contributed by atoms with Gasteiger partial charge in [0.1, 0.15) is 0 Å². The molecule has 2 aromatic rings. The van der Waals surface area contributed by atoms with E-state index in [2.05, 4.69) is 27.7 Å². The standard InChI is InChI=1S/2C6H6.C5H12.2CH4/c2*1-2-4-6-5-3-1;1-5(2,3)4;;/h2*1-6H;1-4H3;2*1H4. The quantitative estimate of drug-likeness (QED) is 0.494. The molecule has 0 heteroatoms. The largest absolute Gasteiger partial charge is 0.0776 e. The molecule has 0 saturated heterocycles. The van der Waals surface area contributed by atoms with Crippen molar-refractivity contribution in [1.29, 1.82) is 0 Å². The zero-order chi connectivity index (χ0) is 13.0. The van der Waals surface area contributed by atoms with Crippen LogP contribution in [-0.4, -0.2) is 0 Å². The minimum Gasteiger partial charge on any atom is -0.0776 e. The normalized spacial score (nSPS) is 8.21. The van der Waals surface area contributed by atoms with Gasteiger partial charge in [0.05, 0.1) is 0 Å². The first kappa shape index (κ1) is 22.6. The highest BCUT2D eigenvalue weighted by molar-refractivity contribution is 4.99. The summed E-state index contributed by atoms with van der Waals surface area (Å²) in [5.41, 5.74) is 0.500. The molecule has 0 radical (unpaired) electrons. The third-order valence-corrected chi connectivity index (χ3v) is 1.33. The van der Waals surface area contributed by atoms with Gasteiger partial charge in [-0.2, -0.15) is 0 Å². The van der Waals surface area contributed by atoms with Crippen LogP contribution in [0.25, 0.3) is 0 Å². The summed E-state index contributed by atoms with van der Waals surface area (Å²) in [7, 11) is 0. The van der Waals surface area contributed by atoms with Crippen molar-refractivity contribution in [3.63, 3.8) is 0 Å². The van der Waals surface area contributed by atoms with Gasteiger partial charge >= 0.3 is 0 Å². The summed E-state index contributed by atoms with van der Waals surface area (Å²) in [6, 6.07) is 24.0. The van der Waals surface area contributed by atoms with E-state index in [9.17, 15) is 0 Å². The summed E-state index contributed by atoms with van der Waals surface area (Å²) in [6.45, 7) is 8.75. The molecule has 2 aromatic carbocycles. The molecule has 0 amide bonds. The highest BCUT2D eigenvalue weighted by Gasteiger charge is 1.95. The van der Waals surface area contributed by atoms with Gasteiger partial charge in [0.15, 0.2) is 0 Å². The van der Waals surface area contributed by atoms with Crippen LogP contribution in [0.2, 0.25) is 0 Å². The predicted octanol–water partition coefficient (Wildman–Crippen LogP) is 6.70. The Labute approximate surface area is 121 Å². The fourth-order valence-electron chi connectivity index (χ4n) is 0.770. The Kier molecular flexibility index (Phi) is 17.3. The summed E-state index contributed by atoms with van der Waals surface area (Å²) in [6.07, 6.45) is 0. The summed E-state index contributed by atoms with van der Waals surface area (Å²) in [5.74, 6) is 0. The molecule has 0 nitrogen and oxygen atoms in total. The Morgan fingerprint density at radius 2 is 0.421 bits per heavy atom. The van der Waals surface area contributed by atoms with Gasteiger partial charge in [-0.1, -0.05) is 115 Å². The van der Waals surface area contributed by atoms with E-state index in [1.54, 1.807) is 0 Å². The summed E-state index contributed by atoms with van der Waals surface area (Å²) < 4.78 is 0. The van der Waals surface area contributed by atoms with Crippen molar-refractivity contribution < 1.29 is 0 Å². The molecular formula is C19H32. The molecule has 0 aliphatic heterocycles. The Bertz CT molecular complexity index is 239. The van der Waals surface area contributed by atoms with Crippen molar-refractivity contribution in [3.8, 4) is 0 Å². The summed E-state index contributed by atoms with van der Waals surface area (Å²) >= 11 is 0. The first-order valence-corrected chi connectivity index (χ1v) is 6.00. The van der Waals surface area contributed by atoms with E-state index in [1.165, 1.54) is 0 Å². The van der Waals surface area contributed by atoms with Crippen LogP contribution < -0.4 is 0 Å². The number of benzene rings is 2. The molecule has 0 unspecified atom stereocenters. The van der Waals surface area contributed by atoms with Crippen LogP contribution in [0.5, 0.6) is 0 Å². The highest BCUT2D eigenvalue weighted by Crippen LogP contribution is 2.08. The van der Waals surface area contributed by atoms with Gasteiger partial charge in [0, 0.05) is 0 Å². The molecule has 108 valence electrons. The van der Waals surface area contributed by atoms with E-state index < -0.39 is 0 Å². The maximum atomic E-state index is 2.19. The van der Waals surface area contributed by atoms with Crippen LogP contribution in [0.4, 0.5) is 0 Å². The Morgan fingerprint density at radius 3 is 0.474 bits per heavy atom. The van der Waals surface area contributed by atoms with E-state index in [-0.39, 0.29) is 14.9 Å². The Morgan fingerprint density at radius 1 is 0.368 bits per heavy atom. The van der Waals surface area contributed by atoms with Crippen LogP contribution in [0.15, 0.2) is 72.8 Å². The van der Waals surface area contributed by atoms with Crippen LogP contribution in [0.1, 0.15) is 42.5 Å². The van der Waals surface area contributed by atoms with Crippen LogP contribution in [0, 0.1) is 5.41 Å². The Hall–Kier alpha value is -1.56. The minimum absolute atomic E-state index is 0. The molecule has 0 spiro atoms. The summed E-state index contributed by atoms with van der Waals surface area (Å²) in [5, 5.41) is 0. The van der Waals surface area contributed by atoms with Gasteiger partial charge in [-0.25, -0.2) is 0 Å². The first-order valence-electron chi connectivity index (χ1n) is 6.00. The van der Waals surface area contributed by atoms with Gasteiger partial charge in [-0.15, -0.1) is 0 Å². The highest BCUT2D eigenvalue weighted by atomic mass is 14.0. The predicted molar refractivity (Wildman–Crippen MR) is 91.5 cm³/mol. The van der Waals surface area contributed by atoms with Gasteiger partial charge in [-0.3, -0.25) is 0 Å². The van der Waals surface area contributed by atoms with Crippen molar-refractivity contribution >= 4 is 0 Å². The fourth-order valence-corrected chi connectivity index (χ4v) is 0.770. The van der Waals surface area contributed by atoms with E-state index in [0.29, 0.717) is 5.41 Å². The molecule has 0 fully saturated rings. The molecular weight excluding hydrogens is 228 g/mol. The van der Waals surface area contributed by atoms with Crippen LogP contribution in [-0.2, 0) is 0 Å². The first-order chi connectivity index (χ1) is 8.00. The molecule has 0 atom stereocenters. The molecule has 2 rings (SSSR count). The molecule has 0 heterocycles. The minimum atomic E-state index is 0. The van der Waals surface area contributed by atoms with Crippen molar-refractivity contribution in [2.75, 3.05) is 0 Å². The lowest BCUT2D eigenvalue weighted by Crippen LogP contribution is -1.93. The molecule has 19 heavy (non-hydrogen) atoms. The second kappa shape index (κ2) is 14.5. The lowest BCUT2D eigenvalue weighted by molar-refractivity contribution is 0.469. The maximum absolute atomic E-state index is 2.19. The average molecular weight is 260 g/mol. The SMILES string of the molecule is C.C.CC(C)(C)C.c1ccccc1.c1ccccc1. The number of hydrogen-bond donors (Lipinski definition) is 0. The van der Waals surface area contributed by atoms with E-state index >= 15 is 0 Å². The smallest absolute Gasteiger partial charge is 0.0411 e. The van der Waals surface area contributed by atoms with Crippen molar-refractivity contribution in [2.45, 2.75) is 42.5 Å². The van der Waals surface area contributed by atoms with Crippen LogP contribution >= 0.6 is 0 Å². The van der Waals surface area contributed by atoms with Gasteiger partial charge in [-0.05, 0) is 5.41 Å². The molecule has 0 saturated carbocycles. The monoisotopic (exact) mass is 260 g/mol. The maximum Gasteiger partial charge on any atom is -0.0411 e. The molecule has 0 aliphatic rings. The molecule has 0 aromatic heterocycles. The second-order valence-electron chi connectivity index (χ2n) is 5.31. The van der Waals surface area contributed by atoms with Gasteiger partial charge in [0.25, 0.3) is 0 Å². The lowest BCUT2D eigenvalue weighted by Gasteiger charge is -2.05. The topological polar surface area (TPSA) is 0 Å². The molecule has 0 N–H and O–H groups in total. The van der Waals surface area contributed by atoms with Gasteiger partial charge in [0.2, 0.25) is 0 Å². The zero-order valence-corrected chi connectivity index (χ0v) is 11.4. The fraction of sp³-hybridized carbons (Fsp3) is 0.368. The Balaban J connectivity index is -0.000000193. The number of rotatable bonds is 0. The van der Waals surface area contributed by atoms with Crippen LogP contribution in [0.3, 0.4) is 0 Å². The third kappa shape index (κ3) is 31.5. The second-order valence-corrected chi connectivity index (χ2v) is 5.31. The zero-order valence-electron chi connectivity index (χ0n) is 11.4. The number of hydrogen-bond acceptors (Lipinski definition) is 0. The van der Waals surface area contributed by atoms with Crippen molar-refractivity contribution in [1.82, 2.24) is 0 Å². The van der Waals surface area contributed by atoms with Crippen molar-refractivity contribution in [3.05, 3.63) is 72.8 Å². The van der Waals surface area contributed by atoms with Crippen molar-refractivity contribution in [2.24, 2.45) is 5.41 Å². The third-order valence-electron chi connectivity index (χ3n) is 1.33. The van der Waals surface area contributed by atoms with E-state index in [4.69, 9.17) is 0 Å². The van der Waals surface area contributed by atoms with E-state index in [1.807, 2.05) is 72.8 Å². The molecule has 0 aliphatic carbocycles. The van der Waals surface area contributed by atoms with E-state index in [0.717, 1.165) is 0 Å².